The summed E-state index contributed by atoms with van der Waals surface area (Å²) in [6.07, 6.45) is 2.60. The van der Waals surface area contributed by atoms with Gasteiger partial charge >= 0.3 is 0 Å². The summed E-state index contributed by atoms with van der Waals surface area (Å²) >= 11 is 0. The van der Waals surface area contributed by atoms with E-state index in [0.717, 1.165) is 31.1 Å². The Labute approximate surface area is 114 Å². The Morgan fingerprint density at radius 1 is 1.21 bits per heavy atom. The van der Waals surface area contributed by atoms with Gasteiger partial charge in [0.2, 0.25) is 0 Å². The molecule has 1 heterocycles. The molecule has 2 nitrogen and oxygen atoms in total. The largest absolute Gasteiger partial charge is 0.508 e. The molecule has 100 valence electrons. The molecule has 0 spiro atoms. The zero-order chi connectivity index (χ0) is 13.2. The lowest BCUT2D eigenvalue weighted by molar-refractivity contribution is 0.176. The van der Waals surface area contributed by atoms with E-state index < -0.39 is 0 Å². The van der Waals surface area contributed by atoms with Crippen molar-refractivity contribution < 1.29 is 5.11 Å². The molecule has 1 N–H and O–H groups in total. The van der Waals surface area contributed by atoms with E-state index in [1.165, 1.54) is 23.6 Å². The summed E-state index contributed by atoms with van der Waals surface area (Å²) in [7, 11) is 0. The van der Waals surface area contributed by atoms with Crippen molar-refractivity contribution >= 4 is 10.8 Å². The van der Waals surface area contributed by atoms with E-state index in [1.54, 1.807) is 0 Å². The molecule has 1 aliphatic rings. The van der Waals surface area contributed by atoms with Crippen LogP contribution in [0.2, 0.25) is 0 Å². The number of fused-ring (bicyclic) bond motifs is 1. The summed E-state index contributed by atoms with van der Waals surface area (Å²) < 4.78 is 0. The van der Waals surface area contributed by atoms with Gasteiger partial charge in [0, 0.05) is 18.7 Å². The van der Waals surface area contributed by atoms with Gasteiger partial charge in [-0.1, -0.05) is 37.3 Å². The van der Waals surface area contributed by atoms with Gasteiger partial charge in [-0.05, 0) is 42.1 Å². The summed E-state index contributed by atoms with van der Waals surface area (Å²) in [6, 6.07) is 12.1. The molecule has 1 unspecified atom stereocenters. The van der Waals surface area contributed by atoms with E-state index in [4.69, 9.17) is 0 Å². The maximum atomic E-state index is 10.2. The molecular formula is C17H21NO. The van der Waals surface area contributed by atoms with E-state index in [2.05, 4.69) is 24.0 Å². The Kier molecular flexibility index (Phi) is 3.43. The summed E-state index contributed by atoms with van der Waals surface area (Å²) in [5.74, 6) is 1.20. The molecule has 19 heavy (non-hydrogen) atoms. The predicted molar refractivity (Wildman–Crippen MR) is 79.3 cm³/mol. The molecule has 3 rings (SSSR count). The van der Waals surface area contributed by atoms with Crippen LogP contribution in [0.15, 0.2) is 36.4 Å². The minimum absolute atomic E-state index is 0.428. The molecule has 0 bridgehead atoms. The van der Waals surface area contributed by atoms with Gasteiger partial charge in [0.05, 0.1) is 0 Å². The highest BCUT2D eigenvalue weighted by molar-refractivity contribution is 5.87. The number of hydrogen-bond acceptors (Lipinski definition) is 2. The monoisotopic (exact) mass is 255 g/mol. The Balaban J connectivity index is 1.93. The Bertz CT molecular complexity index is 578. The first-order chi connectivity index (χ1) is 9.24. The number of piperidine rings is 1. The van der Waals surface area contributed by atoms with Crippen molar-refractivity contribution in [3.05, 3.63) is 42.0 Å². The predicted octanol–water partition coefficient (Wildman–Crippen LogP) is 3.78. The summed E-state index contributed by atoms with van der Waals surface area (Å²) in [5, 5.41) is 12.6. The third-order valence-electron chi connectivity index (χ3n) is 4.14. The minimum Gasteiger partial charge on any atom is -0.508 e. The smallest absolute Gasteiger partial charge is 0.120 e. The molecule has 0 aliphatic carbocycles. The van der Waals surface area contributed by atoms with Gasteiger partial charge in [0.25, 0.3) is 0 Å². The van der Waals surface area contributed by atoms with Crippen molar-refractivity contribution in [1.82, 2.24) is 4.90 Å². The molecule has 1 fully saturated rings. The first-order valence-electron chi connectivity index (χ1n) is 7.16. The molecule has 1 aliphatic heterocycles. The van der Waals surface area contributed by atoms with Crippen molar-refractivity contribution in [1.29, 1.82) is 0 Å². The number of phenols is 1. The third-order valence-corrected chi connectivity index (χ3v) is 4.14. The number of benzene rings is 2. The van der Waals surface area contributed by atoms with Crippen LogP contribution < -0.4 is 0 Å². The zero-order valence-corrected chi connectivity index (χ0v) is 11.5. The van der Waals surface area contributed by atoms with Crippen LogP contribution in [-0.2, 0) is 6.54 Å². The van der Waals surface area contributed by atoms with Gasteiger partial charge in [-0.3, -0.25) is 4.90 Å². The number of phenolic OH excluding ortho intramolecular Hbond substituents is 1. The molecule has 0 saturated carbocycles. The Morgan fingerprint density at radius 3 is 2.89 bits per heavy atom. The first-order valence-corrected chi connectivity index (χ1v) is 7.16. The number of likely N-dealkylation sites (tertiary alicyclic amines) is 1. The second-order valence-electron chi connectivity index (χ2n) is 5.77. The number of aromatic hydroxyl groups is 1. The fourth-order valence-corrected chi connectivity index (χ4v) is 3.14. The van der Waals surface area contributed by atoms with E-state index in [0.29, 0.717) is 5.75 Å². The highest BCUT2D eigenvalue weighted by Crippen LogP contribution is 2.29. The van der Waals surface area contributed by atoms with Crippen LogP contribution in [0.25, 0.3) is 10.8 Å². The SMILES string of the molecule is CC1CCCN(Cc2c(O)ccc3ccccc23)C1. The minimum atomic E-state index is 0.428. The van der Waals surface area contributed by atoms with Crippen LogP contribution in [-0.4, -0.2) is 23.1 Å². The van der Waals surface area contributed by atoms with Crippen LogP contribution in [0, 0.1) is 5.92 Å². The van der Waals surface area contributed by atoms with E-state index in [9.17, 15) is 5.11 Å². The van der Waals surface area contributed by atoms with Gasteiger partial charge < -0.3 is 5.11 Å². The maximum Gasteiger partial charge on any atom is 0.120 e. The van der Waals surface area contributed by atoms with E-state index >= 15 is 0 Å². The van der Waals surface area contributed by atoms with E-state index in [1.807, 2.05) is 24.3 Å². The fourth-order valence-electron chi connectivity index (χ4n) is 3.14. The van der Waals surface area contributed by atoms with Gasteiger partial charge in [-0.15, -0.1) is 0 Å². The molecule has 1 saturated heterocycles. The first kappa shape index (κ1) is 12.5. The molecule has 0 aromatic heterocycles. The second kappa shape index (κ2) is 5.22. The van der Waals surface area contributed by atoms with Crippen molar-refractivity contribution in [2.45, 2.75) is 26.3 Å². The standard InChI is InChI=1S/C17H21NO/c1-13-5-4-10-18(11-13)12-16-15-7-3-2-6-14(15)8-9-17(16)19/h2-3,6-9,13,19H,4-5,10-12H2,1H3. The van der Waals surface area contributed by atoms with Crippen LogP contribution in [0.3, 0.4) is 0 Å². The van der Waals surface area contributed by atoms with Gasteiger partial charge in [-0.2, -0.15) is 0 Å². The molecule has 2 aromatic carbocycles. The molecule has 0 radical (unpaired) electrons. The second-order valence-corrected chi connectivity index (χ2v) is 5.77. The normalized spacial score (nSPS) is 20.8. The number of nitrogens with zero attached hydrogens (tertiary/aromatic N) is 1. The molecule has 1 atom stereocenters. The molecule has 0 amide bonds. The highest BCUT2D eigenvalue weighted by Gasteiger charge is 2.18. The quantitative estimate of drug-likeness (QED) is 0.882. The van der Waals surface area contributed by atoms with Crippen molar-refractivity contribution in [3.63, 3.8) is 0 Å². The zero-order valence-electron chi connectivity index (χ0n) is 11.5. The van der Waals surface area contributed by atoms with Crippen molar-refractivity contribution in [3.8, 4) is 5.75 Å². The topological polar surface area (TPSA) is 23.5 Å². The summed E-state index contributed by atoms with van der Waals surface area (Å²) in [4.78, 5) is 2.47. The third kappa shape index (κ3) is 2.59. The highest BCUT2D eigenvalue weighted by atomic mass is 16.3. The number of rotatable bonds is 2. The molecular weight excluding hydrogens is 234 g/mol. The lowest BCUT2D eigenvalue weighted by Crippen LogP contribution is -2.33. The molecule has 2 heteroatoms. The Morgan fingerprint density at radius 2 is 2.05 bits per heavy atom. The van der Waals surface area contributed by atoms with Gasteiger partial charge in [-0.25, -0.2) is 0 Å². The van der Waals surface area contributed by atoms with Crippen LogP contribution in [0.4, 0.5) is 0 Å². The average molecular weight is 255 g/mol. The average Bonchev–Trinajstić information content (AvgIpc) is 2.42. The van der Waals surface area contributed by atoms with Gasteiger partial charge in [0.1, 0.15) is 5.75 Å². The number of hydrogen-bond donors (Lipinski definition) is 1. The molecule has 2 aromatic rings. The van der Waals surface area contributed by atoms with Crippen LogP contribution in [0.5, 0.6) is 5.75 Å². The van der Waals surface area contributed by atoms with Gasteiger partial charge in [0.15, 0.2) is 0 Å². The lowest BCUT2D eigenvalue weighted by atomic mass is 9.98. The summed E-state index contributed by atoms with van der Waals surface area (Å²) in [6.45, 7) is 5.46. The fraction of sp³-hybridized carbons (Fsp3) is 0.412. The summed E-state index contributed by atoms with van der Waals surface area (Å²) in [5.41, 5.74) is 1.08. The van der Waals surface area contributed by atoms with E-state index in [-0.39, 0.29) is 0 Å². The van der Waals surface area contributed by atoms with Crippen LogP contribution in [0.1, 0.15) is 25.3 Å². The van der Waals surface area contributed by atoms with Crippen molar-refractivity contribution in [2.24, 2.45) is 5.92 Å². The lowest BCUT2D eigenvalue weighted by Gasteiger charge is -2.31. The van der Waals surface area contributed by atoms with Crippen LogP contribution >= 0.6 is 0 Å². The van der Waals surface area contributed by atoms with Crippen molar-refractivity contribution in [2.75, 3.05) is 13.1 Å². The maximum absolute atomic E-state index is 10.2. The Hall–Kier alpha value is -1.54.